The van der Waals surface area contributed by atoms with Crippen molar-refractivity contribution in [2.75, 3.05) is 0 Å². The quantitative estimate of drug-likeness (QED) is 0.830. The van der Waals surface area contributed by atoms with Crippen LogP contribution in [0.3, 0.4) is 0 Å². The number of halogens is 1. The maximum Gasteiger partial charge on any atom is 0.251 e. The summed E-state index contributed by atoms with van der Waals surface area (Å²) in [6.45, 7) is 0. The average Bonchev–Trinajstić information content (AvgIpc) is 2.29. The highest BCUT2D eigenvalue weighted by Crippen LogP contribution is 2.19. The van der Waals surface area contributed by atoms with E-state index in [1.54, 1.807) is 0 Å². The van der Waals surface area contributed by atoms with Crippen molar-refractivity contribution in [1.82, 2.24) is 5.32 Å². The third kappa shape index (κ3) is 3.19. The van der Waals surface area contributed by atoms with E-state index >= 15 is 0 Å². The maximum absolute atomic E-state index is 13.0. The fraction of sp³-hybridized carbons (Fsp3) is 0.462. The summed E-state index contributed by atoms with van der Waals surface area (Å²) in [7, 11) is 0. The summed E-state index contributed by atoms with van der Waals surface area (Å²) in [6, 6.07) is 3.58. The van der Waals surface area contributed by atoms with Crippen LogP contribution >= 0.6 is 0 Å². The van der Waals surface area contributed by atoms with Gasteiger partial charge in [0.15, 0.2) is 0 Å². The predicted molar refractivity (Wildman–Crippen MR) is 62.4 cm³/mol. The Morgan fingerprint density at radius 2 is 1.94 bits per heavy atom. The van der Waals surface area contributed by atoms with Gasteiger partial charge in [-0.1, -0.05) is 19.3 Å². The number of benzene rings is 1. The Balaban J connectivity index is 2.03. The average molecular weight is 237 g/mol. The van der Waals surface area contributed by atoms with E-state index in [0.717, 1.165) is 37.8 Å². The molecule has 2 N–H and O–H groups in total. The topological polar surface area (TPSA) is 49.3 Å². The summed E-state index contributed by atoms with van der Waals surface area (Å²) in [6.07, 6.45) is 5.42. The lowest BCUT2D eigenvalue weighted by atomic mass is 9.95. The zero-order valence-electron chi connectivity index (χ0n) is 9.58. The lowest BCUT2D eigenvalue weighted by Crippen LogP contribution is -2.36. The molecule has 0 heterocycles. The van der Waals surface area contributed by atoms with E-state index in [0.29, 0.717) is 0 Å². The lowest BCUT2D eigenvalue weighted by molar-refractivity contribution is 0.0927. The third-order valence-corrected chi connectivity index (χ3v) is 3.09. The van der Waals surface area contributed by atoms with Crippen molar-refractivity contribution in [3.05, 3.63) is 29.6 Å². The number of carbonyl (C=O) groups is 1. The molecular formula is C13H16FNO2. The first-order valence-corrected chi connectivity index (χ1v) is 5.95. The number of aromatic hydroxyl groups is 1. The van der Waals surface area contributed by atoms with Gasteiger partial charge >= 0.3 is 0 Å². The third-order valence-electron chi connectivity index (χ3n) is 3.09. The van der Waals surface area contributed by atoms with Crippen molar-refractivity contribution < 1.29 is 14.3 Å². The Bertz CT molecular complexity index is 394. The van der Waals surface area contributed by atoms with Gasteiger partial charge in [0.1, 0.15) is 11.6 Å². The second-order valence-electron chi connectivity index (χ2n) is 4.51. The highest BCUT2D eigenvalue weighted by molar-refractivity contribution is 5.94. The maximum atomic E-state index is 13.0. The van der Waals surface area contributed by atoms with Crippen LogP contribution in [0.1, 0.15) is 42.5 Å². The summed E-state index contributed by atoms with van der Waals surface area (Å²) >= 11 is 0. The van der Waals surface area contributed by atoms with Crippen LogP contribution in [0.25, 0.3) is 0 Å². The first-order chi connectivity index (χ1) is 8.15. The number of phenols is 1. The van der Waals surface area contributed by atoms with E-state index in [1.165, 1.54) is 12.5 Å². The van der Waals surface area contributed by atoms with Gasteiger partial charge in [0.25, 0.3) is 5.91 Å². The van der Waals surface area contributed by atoms with E-state index in [2.05, 4.69) is 5.32 Å². The first kappa shape index (κ1) is 11.9. The summed E-state index contributed by atoms with van der Waals surface area (Å²) in [4.78, 5) is 11.8. The largest absolute Gasteiger partial charge is 0.508 e. The van der Waals surface area contributed by atoms with Crippen LogP contribution in [0.15, 0.2) is 18.2 Å². The molecule has 4 heteroatoms. The Morgan fingerprint density at radius 3 is 2.59 bits per heavy atom. The van der Waals surface area contributed by atoms with Crippen LogP contribution in [0, 0.1) is 5.82 Å². The van der Waals surface area contributed by atoms with Gasteiger partial charge < -0.3 is 10.4 Å². The molecule has 0 aromatic heterocycles. The Kier molecular flexibility index (Phi) is 3.61. The molecule has 0 atom stereocenters. The second kappa shape index (κ2) is 5.17. The van der Waals surface area contributed by atoms with Crippen LogP contribution in [0.4, 0.5) is 4.39 Å². The minimum Gasteiger partial charge on any atom is -0.508 e. The van der Waals surface area contributed by atoms with Crippen molar-refractivity contribution >= 4 is 5.91 Å². The van der Waals surface area contributed by atoms with Gasteiger partial charge in [-0.05, 0) is 25.0 Å². The smallest absolute Gasteiger partial charge is 0.251 e. The van der Waals surface area contributed by atoms with Crippen molar-refractivity contribution in [3.8, 4) is 5.75 Å². The van der Waals surface area contributed by atoms with E-state index in [1.807, 2.05) is 0 Å². The van der Waals surface area contributed by atoms with E-state index in [4.69, 9.17) is 0 Å². The van der Waals surface area contributed by atoms with Crippen molar-refractivity contribution in [2.45, 2.75) is 38.1 Å². The number of nitrogens with one attached hydrogen (secondary N) is 1. The van der Waals surface area contributed by atoms with Crippen LogP contribution in [0.5, 0.6) is 5.75 Å². The fourth-order valence-corrected chi connectivity index (χ4v) is 2.22. The minimum atomic E-state index is -0.598. The zero-order valence-corrected chi connectivity index (χ0v) is 9.58. The van der Waals surface area contributed by atoms with Gasteiger partial charge in [-0.15, -0.1) is 0 Å². The van der Waals surface area contributed by atoms with E-state index in [9.17, 15) is 14.3 Å². The molecule has 0 aliphatic heterocycles. The SMILES string of the molecule is O=C(NC1CCCCC1)c1cc(O)cc(F)c1. The number of phenolic OH excluding ortho intramolecular Hbond substituents is 1. The van der Waals surface area contributed by atoms with E-state index in [-0.39, 0.29) is 23.3 Å². The van der Waals surface area contributed by atoms with Crippen molar-refractivity contribution in [2.24, 2.45) is 0 Å². The van der Waals surface area contributed by atoms with Crippen molar-refractivity contribution in [3.63, 3.8) is 0 Å². The number of hydrogen-bond donors (Lipinski definition) is 2. The molecule has 17 heavy (non-hydrogen) atoms. The Labute approximate surface area is 99.7 Å². The molecule has 1 fully saturated rings. The molecular weight excluding hydrogens is 221 g/mol. The molecule has 0 saturated heterocycles. The molecule has 1 amide bonds. The molecule has 2 rings (SSSR count). The number of carbonyl (C=O) groups excluding carboxylic acids is 1. The molecule has 1 saturated carbocycles. The molecule has 0 radical (unpaired) electrons. The highest BCUT2D eigenvalue weighted by Gasteiger charge is 2.17. The molecule has 3 nitrogen and oxygen atoms in total. The second-order valence-corrected chi connectivity index (χ2v) is 4.51. The summed E-state index contributed by atoms with van der Waals surface area (Å²) in [5.41, 5.74) is 0.174. The monoisotopic (exact) mass is 237 g/mol. The standard InChI is InChI=1S/C13H16FNO2/c14-10-6-9(7-12(16)8-10)13(17)15-11-4-2-1-3-5-11/h6-8,11,16H,1-5H2,(H,15,17). The summed E-state index contributed by atoms with van der Waals surface area (Å²) in [5.74, 6) is -1.13. The molecule has 1 aromatic rings. The number of rotatable bonds is 2. The zero-order chi connectivity index (χ0) is 12.3. The van der Waals surface area contributed by atoms with Gasteiger partial charge in [-0.25, -0.2) is 4.39 Å². The molecule has 0 bridgehead atoms. The van der Waals surface area contributed by atoms with Gasteiger partial charge in [0, 0.05) is 17.7 Å². The molecule has 1 aromatic carbocycles. The van der Waals surface area contributed by atoms with Gasteiger partial charge in [-0.3, -0.25) is 4.79 Å². The summed E-state index contributed by atoms with van der Waals surface area (Å²) in [5, 5.41) is 12.1. The van der Waals surface area contributed by atoms with Gasteiger partial charge in [0.05, 0.1) is 0 Å². The Hall–Kier alpha value is -1.58. The normalized spacial score (nSPS) is 16.8. The van der Waals surface area contributed by atoms with Gasteiger partial charge in [0.2, 0.25) is 0 Å². The number of amides is 1. The lowest BCUT2D eigenvalue weighted by Gasteiger charge is -2.22. The minimum absolute atomic E-state index is 0.174. The highest BCUT2D eigenvalue weighted by atomic mass is 19.1. The van der Waals surface area contributed by atoms with E-state index < -0.39 is 5.82 Å². The van der Waals surface area contributed by atoms with Crippen molar-refractivity contribution in [1.29, 1.82) is 0 Å². The molecule has 92 valence electrons. The van der Waals surface area contributed by atoms with Crippen LogP contribution in [-0.4, -0.2) is 17.1 Å². The van der Waals surface area contributed by atoms with Crippen LogP contribution < -0.4 is 5.32 Å². The summed E-state index contributed by atoms with van der Waals surface area (Å²) < 4.78 is 13.0. The molecule has 1 aliphatic carbocycles. The van der Waals surface area contributed by atoms with Crippen LogP contribution in [-0.2, 0) is 0 Å². The van der Waals surface area contributed by atoms with Gasteiger partial charge in [-0.2, -0.15) is 0 Å². The molecule has 0 unspecified atom stereocenters. The van der Waals surface area contributed by atoms with Crippen LogP contribution in [0.2, 0.25) is 0 Å². The first-order valence-electron chi connectivity index (χ1n) is 5.95. The molecule has 1 aliphatic rings. The fourth-order valence-electron chi connectivity index (χ4n) is 2.22. The Morgan fingerprint density at radius 1 is 1.24 bits per heavy atom. The molecule has 0 spiro atoms. The predicted octanol–water partition coefficient (Wildman–Crippen LogP) is 2.59. The number of hydrogen-bond acceptors (Lipinski definition) is 2.